The Morgan fingerprint density at radius 2 is 1.94 bits per heavy atom. The van der Waals surface area contributed by atoms with Gasteiger partial charge in [-0.05, 0) is 69.9 Å². The number of hydrogen-bond acceptors (Lipinski definition) is 2. The molecule has 1 N–H and O–H groups in total. The van der Waals surface area contributed by atoms with Gasteiger partial charge in [-0.2, -0.15) is 0 Å². The molecule has 2 rings (SSSR count). The molecule has 2 aliphatic rings. The Hall–Kier alpha value is -0.0800. The summed E-state index contributed by atoms with van der Waals surface area (Å²) in [6.45, 7) is 8.28. The maximum absolute atomic E-state index is 6.58. The fourth-order valence-corrected chi connectivity index (χ4v) is 4.05. The highest BCUT2D eigenvalue weighted by molar-refractivity contribution is 4.93. The summed E-state index contributed by atoms with van der Waals surface area (Å²) >= 11 is 0. The number of nitrogens with one attached hydrogen (secondary N) is 1. The first-order chi connectivity index (χ1) is 8.45. The van der Waals surface area contributed by atoms with Crippen LogP contribution in [0.5, 0.6) is 0 Å². The van der Waals surface area contributed by atoms with Crippen molar-refractivity contribution in [3.8, 4) is 0 Å². The Bertz CT molecular complexity index is 270. The zero-order chi connectivity index (χ0) is 13.2. The molecule has 0 saturated heterocycles. The fraction of sp³-hybridized carbons (Fsp3) is 1.00. The summed E-state index contributed by atoms with van der Waals surface area (Å²) in [5.41, 5.74) is 0.692. The molecular weight excluding hydrogens is 222 g/mol. The van der Waals surface area contributed by atoms with E-state index >= 15 is 0 Å². The van der Waals surface area contributed by atoms with Gasteiger partial charge in [-0.1, -0.05) is 20.8 Å². The van der Waals surface area contributed by atoms with Crippen LogP contribution in [-0.4, -0.2) is 25.3 Å². The minimum Gasteiger partial charge on any atom is -0.372 e. The van der Waals surface area contributed by atoms with Crippen LogP contribution in [0, 0.1) is 11.3 Å². The summed E-state index contributed by atoms with van der Waals surface area (Å²) in [7, 11) is 2.04. The molecule has 2 saturated carbocycles. The van der Waals surface area contributed by atoms with Crippen molar-refractivity contribution in [3.63, 3.8) is 0 Å². The van der Waals surface area contributed by atoms with Crippen LogP contribution < -0.4 is 5.32 Å². The molecule has 0 bridgehead atoms. The van der Waals surface area contributed by atoms with Crippen molar-refractivity contribution in [2.75, 3.05) is 13.6 Å². The molecule has 0 amide bonds. The lowest BCUT2D eigenvalue weighted by atomic mass is 9.70. The quantitative estimate of drug-likeness (QED) is 0.805. The van der Waals surface area contributed by atoms with Gasteiger partial charge in [0.05, 0.1) is 11.7 Å². The number of ether oxygens (including phenoxy) is 1. The lowest BCUT2D eigenvalue weighted by Crippen LogP contribution is -2.47. The minimum absolute atomic E-state index is 0.223. The Balaban J connectivity index is 1.91. The smallest absolute Gasteiger partial charge is 0.0698 e. The van der Waals surface area contributed by atoms with E-state index in [-0.39, 0.29) is 5.60 Å². The van der Waals surface area contributed by atoms with E-state index in [1.165, 1.54) is 44.9 Å². The zero-order valence-corrected chi connectivity index (χ0v) is 12.7. The molecule has 18 heavy (non-hydrogen) atoms. The molecule has 0 aromatic rings. The van der Waals surface area contributed by atoms with Crippen molar-refractivity contribution in [1.82, 2.24) is 5.32 Å². The summed E-state index contributed by atoms with van der Waals surface area (Å²) in [5.74, 6) is 0.820. The van der Waals surface area contributed by atoms with E-state index in [1.54, 1.807) is 0 Å². The molecule has 2 unspecified atom stereocenters. The maximum atomic E-state index is 6.58. The molecule has 2 aliphatic carbocycles. The number of rotatable bonds is 5. The fourth-order valence-electron chi connectivity index (χ4n) is 4.05. The van der Waals surface area contributed by atoms with E-state index in [9.17, 15) is 0 Å². The van der Waals surface area contributed by atoms with Gasteiger partial charge in [0.2, 0.25) is 0 Å². The van der Waals surface area contributed by atoms with E-state index in [0.717, 1.165) is 12.5 Å². The van der Waals surface area contributed by atoms with E-state index in [1.807, 2.05) is 7.05 Å². The maximum Gasteiger partial charge on any atom is 0.0698 e. The van der Waals surface area contributed by atoms with E-state index in [0.29, 0.717) is 11.5 Å². The standard InChI is InChI=1S/C16H31NO/c1-13-10-14(12-15(2,3)11-13)18-16(6-5-7-16)8-9-17-4/h13-14,17H,5-12H2,1-4H3. The van der Waals surface area contributed by atoms with E-state index in [2.05, 4.69) is 26.1 Å². The second kappa shape index (κ2) is 5.50. The SMILES string of the molecule is CNCCC1(OC2CC(C)CC(C)(C)C2)CCC1. The van der Waals surface area contributed by atoms with Gasteiger partial charge in [0.25, 0.3) is 0 Å². The Labute approximate surface area is 113 Å². The summed E-state index contributed by atoms with van der Waals surface area (Å²) in [6, 6.07) is 0. The van der Waals surface area contributed by atoms with Gasteiger partial charge in [0, 0.05) is 0 Å². The average molecular weight is 253 g/mol. The summed E-state index contributed by atoms with van der Waals surface area (Å²) < 4.78 is 6.58. The summed E-state index contributed by atoms with van der Waals surface area (Å²) in [4.78, 5) is 0. The molecule has 2 nitrogen and oxygen atoms in total. The highest BCUT2D eigenvalue weighted by Crippen LogP contribution is 2.45. The van der Waals surface area contributed by atoms with Gasteiger partial charge in [0.1, 0.15) is 0 Å². The van der Waals surface area contributed by atoms with E-state index in [4.69, 9.17) is 4.74 Å². The van der Waals surface area contributed by atoms with Gasteiger partial charge in [-0.25, -0.2) is 0 Å². The molecule has 0 spiro atoms. The van der Waals surface area contributed by atoms with Crippen LogP contribution in [-0.2, 0) is 4.74 Å². The molecule has 2 atom stereocenters. The zero-order valence-electron chi connectivity index (χ0n) is 12.7. The minimum atomic E-state index is 0.223. The first kappa shape index (κ1) is 14.3. The van der Waals surface area contributed by atoms with Crippen molar-refractivity contribution >= 4 is 0 Å². The summed E-state index contributed by atoms with van der Waals surface area (Å²) in [6.07, 6.45) is 9.48. The molecule has 0 heterocycles. The molecule has 0 aromatic carbocycles. The molecule has 0 aliphatic heterocycles. The molecule has 106 valence electrons. The second-order valence-corrected chi connectivity index (χ2v) is 7.54. The van der Waals surface area contributed by atoms with Crippen LogP contribution in [0.4, 0.5) is 0 Å². The Morgan fingerprint density at radius 3 is 2.44 bits per heavy atom. The largest absolute Gasteiger partial charge is 0.372 e. The predicted octanol–water partition coefficient (Wildman–Crippen LogP) is 3.75. The van der Waals surface area contributed by atoms with Crippen molar-refractivity contribution in [2.24, 2.45) is 11.3 Å². The monoisotopic (exact) mass is 253 g/mol. The second-order valence-electron chi connectivity index (χ2n) is 7.54. The third-order valence-electron chi connectivity index (χ3n) is 4.86. The Kier molecular flexibility index (Phi) is 4.38. The van der Waals surface area contributed by atoms with Gasteiger partial charge >= 0.3 is 0 Å². The highest BCUT2D eigenvalue weighted by Gasteiger charge is 2.42. The third-order valence-corrected chi connectivity index (χ3v) is 4.86. The van der Waals surface area contributed by atoms with Crippen molar-refractivity contribution < 1.29 is 4.74 Å². The predicted molar refractivity (Wildman–Crippen MR) is 76.8 cm³/mol. The van der Waals surface area contributed by atoms with Crippen LogP contribution >= 0.6 is 0 Å². The normalized spacial score (nSPS) is 34.0. The topological polar surface area (TPSA) is 21.3 Å². The first-order valence-electron chi connectivity index (χ1n) is 7.77. The van der Waals surface area contributed by atoms with E-state index < -0.39 is 0 Å². The van der Waals surface area contributed by atoms with Gasteiger partial charge < -0.3 is 10.1 Å². The molecular formula is C16H31NO. The molecule has 0 radical (unpaired) electrons. The lowest BCUT2D eigenvalue weighted by Gasteiger charge is -2.48. The molecule has 2 heteroatoms. The van der Waals surface area contributed by atoms with Crippen LogP contribution in [0.3, 0.4) is 0 Å². The molecule has 2 fully saturated rings. The van der Waals surface area contributed by atoms with Crippen molar-refractivity contribution in [3.05, 3.63) is 0 Å². The Morgan fingerprint density at radius 1 is 1.22 bits per heavy atom. The van der Waals surface area contributed by atoms with Crippen LogP contribution in [0.2, 0.25) is 0 Å². The van der Waals surface area contributed by atoms with Gasteiger partial charge in [-0.3, -0.25) is 0 Å². The first-order valence-corrected chi connectivity index (χ1v) is 7.77. The third kappa shape index (κ3) is 3.48. The van der Waals surface area contributed by atoms with Crippen molar-refractivity contribution in [1.29, 1.82) is 0 Å². The molecule has 0 aromatic heterocycles. The van der Waals surface area contributed by atoms with Crippen LogP contribution in [0.1, 0.15) is 65.7 Å². The summed E-state index contributed by atoms with van der Waals surface area (Å²) in [5, 5.41) is 3.27. The lowest BCUT2D eigenvalue weighted by molar-refractivity contribution is -0.166. The van der Waals surface area contributed by atoms with Gasteiger partial charge in [-0.15, -0.1) is 0 Å². The highest BCUT2D eigenvalue weighted by atomic mass is 16.5. The average Bonchev–Trinajstić information content (AvgIpc) is 2.18. The van der Waals surface area contributed by atoms with Crippen LogP contribution in [0.25, 0.3) is 0 Å². The number of hydrogen-bond donors (Lipinski definition) is 1. The van der Waals surface area contributed by atoms with Crippen molar-refractivity contribution in [2.45, 2.75) is 77.4 Å². The van der Waals surface area contributed by atoms with Gasteiger partial charge in [0.15, 0.2) is 0 Å². The van der Waals surface area contributed by atoms with Crippen LogP contribution in [0.15, 0.2) is 0 Å².